The van der Waals surface area contributed by atoms with Gasteiger partial charge in [-0.2, -0.15) is 4.68 Å². The van der Waals surface area contributed by atoms with E-state index < -0.39 is 0 Å². The summed E-state index contributed by atoms with van der Waals surface area (Å²) in [5.74, 6) is 6.74. The molecule has 0 aliphatic carbocycles. The lowest BCUT2D eigenvalue weighted by atomic mass is 10.2. The van der Waals surface area contributed by atoms with Crippen molar-refractivity contribution in [2.24, 2.45) is 0 Å². The average Bonchev–Trinajstić information content (AvgIpc) is 2.52. The van der Waals surface area contributed by atoms with E-state index in [2.05, 4.69) is 17.1 Å². The zero-order chi connectivity index (χ0) is 15.1. The van der Waals surface area contributed by atoms with Gasteiger partial charge < -0.3 is 5.84 Å². The summed E-state index contributed by atoms with van der Waals surface area (Å²) >= 11 is 1.48. The number of hydrogen-bond acceptors (Lipinski definition) is 5. The molecule has 0 radical (unpaired) electrons. The van der Waals surface area contributed by atoms with E-state index in [1.807, 2.05) is 30.3 Å². The van der Waals surface area contributed by atoms with Gasteiger partial charge in [0.15, 0.2) is 5.69 Å². The second-order valence-corrected chi connectivity index (χ2v) is 5.84. The van der Waals surface area contributed by atoms with E-state index in [1.165, 1.54) is 31.0 Å². The van der Waals surface area contributed by atoms with Crippen LogP contribution in [0.25, 0.3) is 11.3 Å². The molecule has 1 aromatic heterocycles. The second kappa shape index (κ2) is 7.83. The number of nitrogen functional groups attached to an aromatic ring is 1. The van der Waals surface area contributed by atoms with Crippen LogP contribution in [-0.4, -0.2) is 20.6 Å². The third-order valence-electron chi connectivity index (χ3n) is 3.14. The Bertz CT molecular complexity index is 627. The van der Waals surface area contributed by atoms with E-state index in [9.17, 15) is 4.79 Å². The van der Waals surface area contributed by atoms with E-state index in [4.69, 9.17) is 5.84 Å². The maximum absolute atomic E-state index is 12.2. The first-order valence-electron chi connectivity index (χ1n) is 7.17. The minimum absolute atomic E-state index is 0.286. The Morgan fingerprint density at radius 1 is 1.14 bits per heavy atom. The number of rotatable bonds is 7. The minimum Gasteiger partial charge on any atom is -0.334 e. The van der Waals surface area contributed by atoms with Crippen molar-refractivity contribution < 1.29 is 0 Å². The molecular weight excluding hydrogens is 284 g/mol. The Morgan fingerprint density at radius 3 is 2.62 bits per heavy atom. The zero-order valence-electron chi connectivity index (χ0n) is 12.2. The van der Waals surface area contributed by atoms with Crippen molar-refractivity contribution in [3.8, 4) is 11.3 Å². The Hall–Kier alpha value is -1.82. The number of unbranched alkanes of at least 4 members (excludes halogenated alkanes) is 3. The molecule has 0 bridgehead atoms. The largest absolute Gasteiger partial charge is 0.334 e. The third kappa shape index (κ3) is 4.07. The van der Waals surface area contributed by atoms with Gasteiger partial charge in [-0.3, -0.25) is 4.79 Å². The number of thioether (sulfide) groups is 1. The molecule has 0 amide bonds. The molecule has 0 atom stereocenters. The van der Waals surface area contributed by atoms with E-state index >= 15 is 0 Å². The van der Waals surface area contributed by atoms with Gasteiger partial charge in [0.05, 0.1) is 0 Å². The molecule has 1 heterocycles. The molecule has 2 aromatic rings. The van der Waals surface area contributed by atoms with Gasteiger partial charge >= 0.3 is 0 Å². The fraction of sp³-hybridized carbons (Fsp3) is 0.400. The van der Waals surface area contributed by atoms with Crippen LogP contribution in [0, 0.1) is 0 Å². The molecule has 0 unspecified atom stereocenters. The minimum atomic E-state index is -0.313. The Labute approximate surface area is 128 Å². The molecule has 0 aliphatic rings. The average molecular weight is 304 g/mol. The maximum atomic E-state index is 12.2. The SMILES string of the molecule is CCCCCCSc1nnc(-c2ccccc2)c(=O)n1N. The molecule has 5 nitrogen and oxygen atoms in total. The summed E-state index contributed by atoms with van der Waals surface area (Å²) in [5.41, 5.74) is 0.703. The highest BCUT2D eigenvalue weighted by Crippen LogP contribution is 2.17. The molecule has 1 aromatic carbocycles. The monoisotopic (exact) mass is 304 g/mol. The van der Waals surface area contributed by atoms with Crippen molar-refractivity contribution in [3.05, 3.63) is 40.7 Å². The first-order valence-corrected chi connectivity index (χ1v) is 8.15. The van der Waals surface area contributed by atoms with Gasteiger partial charge in [0.1, 0.15) is 0 Å². The summed E-state index contributed by atoms with van der Waals surface area (Å²) in [4.78, 5) is 12.2. The highest BCUT2D eigenvalue weighted by atomic mass is 32.2. The first kappa shape index (κ1) is 15.6. The molecule has 0 aliphatic heterocycles. The first-order chi connectivity index (χ1) is 10.2. The highest BCUT2D eigenvalue weighted by molar-refractivity contribution is 7.99. The molecule has 112 valence electrons. The lowest BCUT2D eigenvalue weighted by Gasteiger charge is -2.07. The zero-order valence-corrected chi connectivity index (χ0v) is 13.0. The van der Waals surface area contributed by atoms with E-state index in [-0.39, 0.29) is 11.3 Å². The van der Waals surface area contributed by atoms with Crippen molar-refractivity contribution in [1.29, 1.82) is 0 Å². The maximum Gasteiger partial charge on any atom is 0.299 e. The van der Waals surface area contributed by atoms with Crippen LogP contribution in [0.5, 0.6) is 0 Å². The van der Waals surface area contributed by atoms with Crippen LogP contribution in [0.3, 0.4) is 0 Å². The van der Waals surface area contributed by atoms with Crippen LogP contribution in [0.4, 0.5) is 0 Å². The lowest BCUT2D eigenvalue weighted by molar-refractivity contribution is 0.692. The number of hydrogen-bond donors (Lipinski definition) is 1. The van der Waals surface area contributed by atoms with Crippen LogP contribution in [0.2, 0.25) is 0 Å². The highest BCUT2D eigenvalue weighted by Gasteiger charge is 2.11. The van der Waals surface area contributed by atoms with Crippen molar-refractivity contribution in [2.45, 2.75) is 37.8 Å². The van der Waals surface area contributed by atoms with Gasteiger partial charge in [-0.25, -0.2) is 0 Å². The molecule has 0 spiro atoms. The smallest absolute Gasteiger partial charge is 0.299 e. The van der Waals surface area contributed by atoms with E-state index in [0.717, 1.165) is 22.4 Å². The summed E-state index contributed by atoms with van der Waals surface area (Å²) < 4.78 is 1.10. The number of nitrogens with two attached hydrogens (primary N) is 1. The Kier molecular flexibility index (Phi) is 5.80. The van der Waals surface area contributed by atoms with Crippen LogP contribution in [0.1, 0.15) is 32.6 Å². The van der Waals surface area contributed by atoms with Crippen molar-refractivity contribution in [2.75, 3.05) is 11.6 Å². The van der Waals surface area contributed by atoms with Crippen LogP contribution in [0.15, 0.2) is 40.3 Å². The summed E-state index contributed by atoms with van der Waals surface area (Å²) in [6.45, 7) is 2.18. The molecule has 0 fully saturated rings. The van der Waals surface area contributed by atoms with Crippen molar-refractivity contribution in [3.63, 3.8) is 0 Å². The predicted octanol–water partition coefficient (Wildman–Crippen LogP) is 2.69. The standard InChI is InChI=1S/C15H20N4OS/c1-2-3-4-8-11-21-15-18-17-13(14(20)19(15)16)12-9-6-5-7-10-12/h5-7,9-10H,2-4,8,11,16H2,1H3. The topological polar surface area (TPSA) is 73.8 Å². The quantitative estimate of drug-likeness (QED) is 0.483. The van der Waals surface area contributed by atoms with Gasteiger partial charge in [0.2, 0.25) is 5.16 Å². The van der Waals surface area contributed by atoms with E-state index in [1.54, 1.807) is 0 Å². The number of benzene rings is 1. The van der Waals surface area contributed by atoms with Gasteiger partial charge in [-0.15, -0.1) is 10.2 Å². The summed E-state index contributed by atoms with van der Waals surface area (Å²) in [5, 5.41) is 8.59. The fourth-order valence-corrected chi connectivity index (χ4v) is 2.80. The Morgan fingerprint density at radius 2 is 1.90 bits per heavy atom. The van der Waals surface area contributed by atoms with Crippen LogP contribution >= 0.6 is 11.8 Å². The predicted molar refractivity (Wildman–Crippen MR) is 86.7 cm³/mol. The number of aromatic nitrogens is 3. The summed E-state index contributed by atoms with van der Waals surface area (Å²) in [7, 11) is 0. The fourth-order valence-electron chi connectivity index (χ4n) is 1.95. The van der Waals surface area contributed by atoms with Crippen LogP contribution in [-0.2, 0) is 0 Å². The Balaban J connectivity index is 2.09. The van der Waals surface area contributed by atoms with Gasteiger partial charge in [0.25, 0.3) is 5.56 Å². The van der Waals surface area contributed by atoms with Crippen LogP contribution < -0.4 is 11.4 Å². The molecule has 2 rings (SSSR count). The summed E-state index contributed by atoms with van der Waals surface area (Å²) in [6.07, 6.45) is 4.72. The number of nitrogens with zero attached hydrogens (tertiary/aromatic N) is 3. The third-order valence-corrected chi connectivity index (χ3v) is 4.17. The normalized spacial score (nSPS) is 10.7. The molecule has 2 N–H and O–H groups in total. The molecule has 6 heteroatoms. The van der Waals surface area contributed by atoms with Crippen molar-refractivity contribution in [1.82, 2.24) is 14.9 Å². The molecule has 0 saturated heterocycles. The second-order valence-electron chi connectivity index (χ2n) is 4.78. The molecule has 21 heavy (non-hydrogen) atoms. The molecule has 0 saturated carbocycles. The van der Waals surface area contributed by atoms with Gasteiger partial charge in [-0.05, 0) is 6.42 Å². The van der Waals surface area contributed by atoms with Crippen molar-refractivity contribution >= 4 is 11.8 Å². The lowest BCUT2D eigenvalue weighted by Crippen LogP contribution is -2.32. The van der Waals surface area contributed by atoms with E-state index in [0.29, 0.717) is 5.16 Å². The van der Waals surface area contributed by atoms with Gasteiger partial charge in [0, 0.05) is 11.3 Å². The molecular formula is C15H20N4OS. The summed E-state index contributed by atoms with van der Waals surface area (Å²) in [6, 6.07) is 9.24. The van der Waals surface area contributed by atoms with Gasteiger partial charge in [-0.1, -0.05) is 68.3 Å².